The van der Waals surface area contributed by atoms with Gasteiger partial charge in [0.1, 0.15) is 5.75 Å². The first-order valence-electron chi connectivity index (χ1n) is 7.39. The maximum absolute atomic E-state index is 11.3. The summed E-state index contributed by atoms with van der Waals surface area (Å²) in [6.07, 6.45) is 1.37. The summed E-state index contributed by atoms with van der Waals surface area (Å²) in [6, 6.07) is 5.93. The van der Waals surface area contributed by atoms with Crippen LogP contribution in [0.15, 0.2) is 18.2 Å². The fraction of sp³-hybridized carbons (Fsp3) is 0.588. The Morgan fingerprint density at radius 1 is 1.29 bits per heavy atom. The number of carboxylic acid groups (broad SMARTS) is 1. The molecule has 0 heterocycles. The summed E-state index contributed by atoms with van der Waals surface area (Å²) in [7, 11) is 1.67. The Hall–Kier alpha value is -1.55. The molecule has 0 fully saturated rings. The number of carboxylic acids is 1. The highest BCUT2D eigenvalue weighted by molar-refractivity contribution is 5.70. The van der Waals surface area contributed by atoms with Crippen LogP contribution in [0.3, 0.4) is 0 Å². The summed E-state index contributed by atoms with van der Waals surface area (Å²) in [4.78, 5) is 11.3. The number of aryl methyl sites for hydroxylation is 1. The molecule has 0 aliphatic rings. The number of ether oxygens (including phenoxy) is 2. The Balaban J connectivity index is 2.73. The van der Waals surface area contributed by atoms with E-state index in [0.717, 1.165) is 23.3 Å². The minimum atomic E-state index is -0.742. The Morgan fingerprint density at radius 3 is 2.57 bits per heavy atom. The van der Waals surface area contributed by atoms with Crippen LogP contribution in [-0.2, 0) is 16.0 Å². The molecule has 4 heteroatoms. The van der Waals surface area contributed by atoms with Crippen LogP contribution >= 0.6 is 0 Å². The highest BCUT2D eigenvalue weighted by atomic mass is 16.5. The molecule has 1 unspecified atom stereocenters. The fourth-order valence-electron chi connectivity index (χ4n) is 2.17. The number of hydrogen-bond donors (Lipinski definition) is 1. The van der Waals surface area contributed by atoms with E-state index in [1.54, 1.807) is 7.11 Å². The number of hydrogen-bond acceptors (Lipinski definition) is 3. The molecule has 1 N–H and O–H groups in total. The van der Waals surface area contributed by atoms with Crippen LogP contribution < -0.4 is 4.74 Å². The maximum atomic E-state index is 11.3. The van der Waals surface area contributed by atoms with E-state index in [2.05, 4.69) is 0 Å². The molecule has 118 valence electrons. The van der Waals surface area contributed by atoms with Crippen LogP contribution in [-0.4, -0.2) is 31.4 Å². The molecule has 1 atom stereocenters. The summed E-state index contributed by atoms with van der Waals surface area (Å²) in [6.45, 7) is 7.15. The number of methoxy groups -OCH3 is 1. The van der Waals surface area contributed by atoms with Gasteiger partial charge in [0.05, 0.1) is 12.5 Å². The second-order valence-corrected chi connectivity index (χ2v) is 5.69. The highest BCUT2D eigenvalue weighted by Crippen LogP contribution is 2.24. The second kappa shape index (κ2) is 8.67. The SMILES string of the molecule is COCCCOc1cc(CC(C(=O)O)C(C)C)ccc1C. The summed E-state index contributed by atoms with van der Waals surface area (Å²) in [5.41, 5.74) is 2.07. The monoisotopic (exact) mass is 294 g/mol. The van der Waals surface area contributed by atoms with Crippen molar-refractivity contribution in [2.45, 2.75) is 33.6 Å². The third-order valence-electron chi connectivity index (χ3n) is 3.58. The lowest BCUT2D eigenvalue weighted by Gasteiger charge is -2.17. The Labute approximate surface area is 127 Å². The van der Waals surface area contributed by atoms with Crippen molar-refractivity contribution in [3.63, 3.8) is 0 Å². The third-order valence-corrected chi connectivity index (χ3v) is 3.58. The molecule has 0 aromatic heterocycles. The van der Waals surface area contributed by atoms with Gasteiger partial charge in [-0.25, -0.2) is 0 Å². The van der Waals surface area contributed by atoms with Gasteiger partial charge in [-0.15, -0.1) is 0 Å². The largest absolute Gasteiger partial charge is 0.493 e. The van der Waals surface area contributed by atoms with E-state index in [9.17, 15) is 9.90 Å². The molecule has 0 bridgehead atoms. The number of benzene rings is 1. The molecule has 1 aromatic rings. The molecular formula is C17H26O4. The van der Waals surface area contributed by atoms with E-state index in [4.69, 9.17) is 9.47 Å². The van der Waals surface area contributed by atoms with E-state index in [0.29, 0.717) is 19.6 Å². The maximum Gasteiger partial charge on any atom is 0.307 e. The van der Waals surface area contributed by atoms with Crippen molar-refractivity contribution >= 4 is 5.97 Å². The standard InChI is InChI=1S/C17H26O4/c1-12(2)15(17(18)19)10-14-7-6-13(3)16(11-14)21-9-5-8-20-4/h6-7,11-12,15H,5,8-10H2,1-4H3,(H,18,19). The van der Waals surface area contributed by atoms with Crippen molar-refractivity contribution in [2.75, 3.05) is 20.3 Å². The molecule has 4 nitrogen and oxygen atoms in total. The van der Waals surface area contributed by atoms with Crippen LogP contribution in [0.2, 0.25) is 0 Å². The molecule has 1 rings (SSSR count). The van der Waals surface area contributed by atoms with Crippen molar-refractivity contribution in [1.82, 2.24) is 0 Å². The van der Waals surface area contributed by atoms with Gasteiger partial charge in [0.2, 0.25) is 0 Å². The fourth-order valence-corrected chi connectivity index (χ4v) is 2.17. The lowest BCUT2D eigenvalue weighted by atomic mass is 9.89. The average Bonchev–Trinajstić information content (AvgIpc) is 2.43. The molecule has 0 saturated heterocycles. The molecule has 0 aliphatic carbocycles. The van der Waals surface area contributed by atoms with Crippen molar-refractivity contribution in [2.24, 2.45) is 11.8 Å². The normalized spacial score (nSPS) is 12.4. The smallest absolute Gasteiger partial charge is 0.307 e. The predicted octanol–water partition coefficient (Wildman–Crippen LogP) is 3.31. The van der Waals surface area contributed by atoms with Gasteiger partial charge in [0, 0.05) is 20.1 Å². The first kappa shape index (κ1) is 17.5. The van der Waals surface area contributed by atoms with E-state index in [-0.39, 0.29) is 11.8 Å². The lowest BCUT2D eigenvalue weighted by Crippen LogP contribution is -2.22. The van der Waals surface area contributed by atoms with Gasteiger partial charge in [-0.3, -0.25) is 4.79 Å². The predicted molar refractivity (Wildman–Crippen MR) is 82.8 cm³/mol. The van der Waals surface area contributed by atoms with Gasteiger partial charge in [-0.05, 0) is 36.5 Å². The first-order chi connectivity index (χ1) is 9.95. The minimum absolute atomic E-state index is 0.106. The van der Waals surface area contributed by atoms with Crippen LogP contribution in [0.4, 0.5) is 0 Å². The van der Waals surface area contributed by atoms with E-state index in [1.165, 1.54) is 0 Å². The van der Waals surface area contributed by atoms with Gasteiger partial charge in [0.15, 0.2) is 0 Å². The Kier molecular flexibility index (Phi) is 7.23. The van der Waals surface area contributed by atoms with E-state index >= 15 is 0 Å². The number of aliphatic carboxylic acids is 1. The zero-order valence-corrected chi connectivity index (χ0v) is 13.4. The molecule has 0 spiro atoms. The molecule has 0 aliphatic heterocycles. The molecule has 0 amide bonds. The molecular weight excluding hydrogens is 268 g/mol. The van der Waals surface area contributed by atoms with Gasteiger partial charge >= 0.3 is 5.97 Å². The molecule has 0 radical (unpaired) electrons. The van der Waals surface area contributed by atoms with Crippen molar-refractivity contribution in [3.8, 4) is 5.75 Å². The lowest BCUT2D eigenvalue weighted by molar-refractivity contribution is -0.143. The molecule has 1 aromatic carbocycles. The van der Waals surface area contributed by atoms with Crippen LogP contribution in [0.1, 0.15) is 31.4 Å². The Morgan fingerprint density at radius 2 is 2.00 bits per heavy atom. The zero-order valence-electron chi connectivity index (χ0n) is 13.4. The van der Waals surface area contributed by atoms with Crippen LogP contribution in [0.5, 0.6) is 5.75 Å². The molecule has 0 saturated carbocycles. The van der Waals surface area contributed by atoms with Gasteiger partial charge in [-0.1, -0.05) is 26.0 Å². The first-order valence-corrected chi connectivity index (χ1v) is 7.39. The number of rotatable bonds is 9. The van der Waals surface area contributed by atoms with Gasteiger partial charge < -0.3 is 14.6 Å². The number of carbonyl (C=O) groups is 1. The topological polar surface area (TPSA) is 55.8 Å². The van der Waals surface area contributed by atoms with Crippen LogP contribution in [0.25, 0.3) is 0 Å². The Bertz CT molecular complexity index is 454. The van der Waals surface area contributed by atoms with Crippen molar-refractivity contribution in [3.05, 3.63) is 29.3 Å². The van der Waals surface area contributed by atoms with Crippen molar-refractivity contribution in [1.29, 1.82) is 0 Å². The van der Waals surface area contributed by atoms with Crippen LogP contribution in [0, 0.1) is 18.8 Å². The minimum Gasteiger partial charge on any atom is -0.493 e. The van der Waals surface area contributed by atoms with Gasteiger partial charge in [-0.2, -0.15) is 0 Å². The summed E-state index contributed by atoms with van der Waals surface area (Å²) < 4.78 is 10.7. The quantitative estimate of drug-likeness (QED) is 0.710. The highest BCUT2D eigenvalue weighted by Gasteiger charge is 2.22. The third kappa shape index (κ3) is 5.76. The second-order valence-electron chi connectivity index (χ2n) is 5.69. The van der Waals surface area contributed by atoms with Crippen molar-refractivity contribution < 1.29 is 19.4 Å². The molecule has 21 heavy (non-hydrogen) atoms. The van der Waals surface area contributed by atoms with E-state index in [1.807, 2.05) is 39.0 Å². The van der Waals surface area contributed by atoms with E-state index < -0.39 is 5.97 Å². The summed E-state index contributed by atoms with van der Waals surface area (Å²) in [5, 5.41) is 9.28. The zero-order chi connectivity index (χ0) is 15.8. The summed E-state index contributed by atoms with van der Waals surface area (Å²) in [5.74, 6) is -0.173. The summed E-state index contributed by atoms with van der Waals surface area (Å²) >= 11 is 0. The average molecular weight is 294 g/mol. The van der Waals surface area contributed by atoms with Gasteiger partial charge in [0.25, 0.3) is 0 Å².